The van der Waals surface area contributed by atoms with Crippen LogP contribution in [0.4, 0.5) is 0 Å². The molecule has 0 spiro atoms. The molecule has 6 nitrogen and oxygen atoms in total. The summed E-state index contributed by atoms with van der Waals surface area (Å²) in [7, 11) is 1.30. The summed E-state index contributed by atoms with van der Waals surface area (Å²) < 4.78 is 10.0. The van der Waals surface area contributed by atoms with Crippen molar-refractivity contribution in [2.45, 2.75) is 19.8 Å². The molecule has 122 valence electrons. The van der Waals surface area contributed by atoms with Gasteiger partial charge in [-0.1, -0.05) is 19.1 Å². The van der Waals surface area contributed by atoms with Crippen molar-refractivity contribution in [2.24, 2.45) is 0 Å². The van der Waals surface area contributed by atoms with Gasteiger partial charge in [-0.3, -0.25) is 9.59 Å². The summed E-state index contributed by atoms with van der Waals surface area (Å²) in [5.74, 6) is -0.0447. The zero-order valence-electron chi connectivity index (χ0n) is 13.1. The molecule has 0 atom stereocenters. The molecule has 1 amide bonds. The number of amides is 1. The van der Waals surface area contributed by atoms with Gasteiger partial charge in [-0.2, -0.15) is 0 Å². The summed E-state index contributed by atoms with van der Waals surface area (Å²) in [6, 6.07) is 7.54. The van der Waals surface area contributed by atoms with Crippen molar-refractivity contribution < 1.29 is 24.2 Å². The van der Waals surface area contributed by atoms with Crippen LogP contribution >= 0.6 is 0 Å². The number of hydrogen-bond acceptors (Lipinski definition) is 5. The second-order valence-corrected chi connectivity index (χ2v) is 4.72. The summed E-state index contributed by atoms with van der Waals surface area (Å²) in [6.07, 6.45) is 0.981. The number of carbonyl (C=O) groups is 2. The minimum Gasteiger partial charge on any atom is -0.484 e. The molecular formula is C16H23NO5. The molecule has 6 heteroatoms. The van der Waals surface area contributed by atoms with Gasteiger partial charge in [-0.25, -0.2) is 0 Å². The lowest BCUT2D eigenvalue weighted by atomic mass is 10.2. The monoisotopic (exact) mass is 309 g/mol. The van der Waals surface area contributed by atoms with E-state index in [-0.39, 0.29) is 38.6 Å². The first-order chi connectivity index (χ1) is 10.6. The van der Waals surface area contributed by atoms with Gasteiger partial charge in [0.25, 0.3) is 5.91 Å². The number of aryl methyl sites for hydroxylation is 1. The molecule has 22 heavy (non-hydrogen) atoms. The van der Waals surface area contributed by atoms with E-state index in [0.29, 0.717) is 5.75 Å². The van der Waals surface area contributed by atoms with Crippen molar-refractivity contribution in [3.63, 3.8) is 0 Å². The Bertz CT molecular complexity index is 489. The Hall–Kier alpha value is -2.08. The zero-order valence-corrected chi connectivity index (χ0v) is 13.1. The third-order valence-electron chi connectivity index (χ3n) is 3.21. The standard InChI is InChI=1S/C16H23NO5/c1-3-13-5-4-6-14(11-13)22-12-15(19)17(9-10-18)8-7-16(20)21-2/h4-6,11,18H,3,7-10,12H2,1-2H3. The highest BCUT2D eigenvalue weighted by Crippen LogP contribution is 2.13. The SMILES string of the molecule is CCc1cccc(OCC(=O)N(CCO)CCC(=O)OC)c1. The number of aliphatic hydroxyl groups is 1. The predicted molar refractivity (Wildman–Crippen MR) is 81.6 cm³/mol. The molecule has 1 aromatic carbocycles. The summed E-state index contributed by atoms with van der Waals surface area (Å²) in [6.45, 7) is 2.10. The molecule has 0 saturated carbocycles. The molecular weight excluding hydrogens is 286 g/mol. The van der Waals surface area contributed by atoms with Crippen LogP contribution in [0.2, 0.25) is 0 Å². The lowest BCUT2D eigenvalue weighted by Crippen LogP contribution is -2.38. The average Bonchev–Trinajstić information content (AvgIpc) is 2.56. The fourth-order valence-electron chi connectivity index (χ4n) is 1.90. The lowest BCUT2D eigenvalue weighted by Gasteiger charge is -2.21. The van der Waals surface area contributed by atoms with E-state index in [1.807, 2.05) is 25.1 Å². The molecule has 0 saturated heterocycles. The smallest absolute Gasteiger partial charge is 0.307 e. The van der Waals surface area contributed by atoms with Crippen LogP contribution in [0, 0.1) is 0 Å². The minimum atomic E-state index is -0.396. The predicted octanol–water partition coefficient (Wildman–Crippen LogP) is 1.01. The molecule has 1 N–H and O–H groups in total. The lowest BCUT2D eigenvalue weighted by molar-refractivity contribution is -0.142. The van der Waals surface area contributed by atoms with E-state index in [0.717, 1.165) is 12.0 Å². The number of aliphatic hydroxyl groups excluding tert-OH is 1. The van der Waals surface area contributed by atoms with E-state index < -0.39 is 5.97 Å². The molecule has 0 fully saturated rings. The van der Waals surface area contributed by atoms with Crippen molar-refractivity contribution in [1.29, 1.82) is 0 Å². The van der Waals surface area contributed by atoms with Gasteiger partial charge >= 0.3 is 5.97 Å². The Labute approximate surface area is 130 Å². The van der Waals surface area contributed by atoms with Crippen LogP contribution in [-0.4, -0.2) is 55.3 Å². The third kappa shape index (κ3) is 6.13. The Kier molecular flexibility index (Phi) is 7.99. The molecule has 0 heterocycles. The van der Waals surface area contributed by atoms with Crippen LogP contribution < -0.4 is 4.74 Å². The van der Waals surface area contributed by atoms with E-state index in [9.17, 15) is 9.59 Å². The molecule has 0 unspecified atom stereocenters. The zero-order chi connectivity index (χ0) is 16.4. The Morgan fingerprint density at radius 3 is 2.68 bits per heavy atom. The first kappa shape index (κ1) is 18.0. The summed E-state index contributed by atoms with van der Waals surface area (Å²) in [5.41, 5.74) is 1.13. The van der Waals surface area contributed by atoms with Crippen LogP contribution in [0.5, 0.6) is 5.75 Å². The number of benzene rings is 1. The normalized spacial score (nSPS) is 10.1. The largest absolute Gasteiger partial charge is 0.484 e. The Balaban J connectivity index is 2.53. The summed E-state index contributed by atoms with van der Waals surface area (Å²) in [4.78, 5) is 24.6. The molecule has 0 aromatic heterocycles. The van der Waals surface area contributed by atoms with E-state index in [4.69, 9.17) is 9.84 Å². The van der Waals surface area contributed by atoms with E-state index in [1.54, 1.807) is 6.07 Å². The molecule has 0 aliphatic rings. The highest BCUT2D eigenvalue weighted by Gasteiger charge is 2.15. The number of esters is 1. The van der Waals surface area contributed by atoms with Crippen molar-refractivity contribution in [3.05, 3.63) is 29.8 Å². The maximum absolute atomic E-state index is 12.1. The van der Waals surface area contributed by atoms with Crippen LogP contribution in [0.25, 0.3) is 0 Å². The molecule has 0 aliphatic heterocycles. The highest BCUT2D eigenvalue weighted by atomic mass is 16.5. The maximum atomic E-state index is 12.1. The molecule has 0 radical (unpaired) electrons. The Morgan fingerprint density at radius 1 is 1.27 bits per heavy atom. The number of rotatable bonds is 9. The first-order valence-electron chi connectivity index (χ1n) is 7.27. The number of nitrogens with zero attached hydrogens (tertiary/aromatic N) is 1. The van der Waals surface area contributed by atoms with E-state index in [2.05, 4.69) is 4.74 Å². The minimum absolute atomic E-state index is 0.0908. The Morgan fingerprint density at radius 2 is 2.05 bits per heavy atom. The van der Waals surface area contributed by atoms with Gasteiger partial charge in [-0.05, 0) is 24.1 Å². The molecule has 0 bridgehead atoms. The second-order valence-electron chi connectivity index (χ2n) is 4.72. The van der Waals surface area contributed by atoms with Crippen LogP contribution in [-0.2, 0) is 20.7 Å². The fourth-order valence-corrected chi connectivity index (χ4v) is 1.90. The maximum Gasteiger partial charge on any atom is 0.307 e. The molecule has 0 aliphatic carbocycles. The number of hydrogen-bond donors (Lipinski definition) is 1. The second kappa shape index (κ2) is 9.78. The number of carbonyl (C=O) groups excluding carboxylic acids is 2. The van der Waals surface area contributed by atoms with Crippen molar-refractivity contribution in [1.82, 2.24) is 4.90 Å². The van der Waals surface area contributed by atoms with Gasteiger partial charge in [-0.15, -0.1) is 0 Å². The van der Waals surface area contributed by atoms with Gasteiger partial charge < -0.3 is 19.5 Å². The van der Waals surface area contributed by atoms with Crippen LogP contribution in [0.1, 0.15) is 18.9 Å². The van der Waals surface area contributed by atoms with Gasteiger partial charge in [0, 0.05) is 13.1 Å². The topological polar surface area (TPSA) is 76.1 Å². The van der Waals surface area contributed by atoms with Crippen molar-refractivity contribution >= 4 is 11.9 Å². The average molecular weight is 309 g/mol. The van der Waals surface area contributed by atoms with Crippen molar-refractivity contribution in [3.8, 4) is 5.75 Å². The van der Waals surface area contributed by atoms with E-state index >= 15 is 0 Å². The van der Waals surface area contributed by atoms with Crippen LogP contribution in [0.15, 0.2) is 24.3 Å². The van der Waals surface area contributed by atoms with Gasteiger partial charge in [0.1, 0.15) is 5.75 Å². The fraction of sp³-hybridized carbons (Fsp3) is 0.500. The highest BCUT2D eigenvalue weighted by molar-refractivity contribution is 5.78. The van der Waals surface area contributed by atoms with Gasteiger partial charge in [0.15, 0.2) is 6.61 Å². The van der Waals surface area contributed by atoms with Gasteiger partial charge in [0.2, 0.25) is 0 Å². The first-order valence-corrected chi connectivity index (χ1v) is 7.27. The number of methoxy groups -OCH3 is 1. The number of ether oxygens (including phenoxy) is 2. The third-order valence-corrected chi connectivity index (χ3v) is 3.21. The molecule has 1 rings (SSSR count). The van der Waals surface area contributed by atoms with Crippen molar-refractivity contribution in [2.75, 3.05) is 33.4 Å². The van der Waals surface area contributed by atoms with E-state index in [1.165, 1.54) is 12.0 Å². The van der Waals surface area contributed by atoms with Crippen LogP contribution in [0.3, 0.4) is 0 Å². The van der Waals surface area contributed by atoms with Gasteiger partial charge in [0.05, 0.1) is 20.1 Å². The quantitative estimate of drug-likeness (QED) is 0.689. The summed E-state index contributed by atoms with van der Waals surface area (Å²) in [5, 5.41) is 9.01. The molecule has 1 aromatic rings. The summed E-state index contributed by atoms with van der Waals surface area (Å²) >= 11 is 0.